The van der Waals surface area contributed by atoms with Crippen LogP contribution in [0.15, 0.2) is 72.9 Å². The highest BCUT2D eigenvalue weighted by atomic mass is 16.7. The number of hydrogen-bond acceptors (Lipinski definition) is 11. The van der Waals surface area contributed by atoms with E-state index in [1.165, 1.54) is 45.1 Å². The molecule has 1 aliphatic rings. The Morgan fingerprint density at radius 1 is 0.750 bits per heavy atom. The van der Waals surface area contributed by atoms with Crippen LogP contribution < -0.4 is 0 Å². The van der Waals surface area contributed by atoms with Crippen LogP contribution in [0.4, 0.5) is 0 Å². The molecule has 1 rings (SSSR count). The first-order chi connectivity index (χ1) is 22.2. The van der Waals surface area contributed by atoms with E-state index in [2.05, 4.69) is 19.7 Å². The number of hydrogen-bond donors (Lipinski definition) is 5. The van der Waals surface area contributed by atoms with Crippen molar-refractivity contribution in [2.75, 3.05) is 6.61 Å². The number of allylic oxidation sites excluding steroid dienone is 3. The molecule has 1 aliphatic heterocycles. The summed E-state index contributed by atoms with van der Waals surface area (Å²) in [6.07, 6.45) is 3.01. The number of aliphatic hydroxyl groups excluding tert-OH is 2. The molecule has 1 saturated heterocycles. The molecule has 48 heavy (non-hydrogen) atoms. The molecule has 1 heterocycles. The van der Waals surface area contributed by atoms with E-state index in [1.54, 1.807) is 32.9 Å². The van der Waals surface area contributed by atoms with Gasteiger partial charge in [0.25, 0.3) is 0 Å². The predicted octanol–water partition coefficient (Wildman–Crippen LogP) is 3.99. The fraction of sp³-hybridized carbons (Fsp3) is 0.583. The highest BCUT2D eigenvalue weighted by molar-refractivity contribution is 5.88. The van der Waals surface area contributed by atoms with Crippen LogP contribution in [0.25, 0.3) is 0 Å². The van der Waals surface area contributed by atoms with E-state index in [9.17, 15) is 34.8 Å². The van der Waals surface area contributed by atoms with Crippen molar-refractivity contribution in [3.05, 3.63) is 72.9 Å². The summed E-state index contributed by atoms with van der Waals surface area (Å²) in [6.45, 7) is 19.7. The van der Waals surface area contributed by atoms with Crippen molar-refractivity contribution in [2.45, 2.75) is 128 Å². The molecule has 0 aliphatic carbocycles. The number of carbonyl (C=O) groups excluding carboxylic acids is 2. The zero-order valence-corrected chi connectivity index (χ0v) is 29.0. The standard InChI is InChI=1S/C36H54O12/c1-10-34(7,43)19-13-17-24(5)31(41)45-22-26-27(37)29(47-32(42)25(6)18-14-20-35(8,44)11-2)28(38)33(46-26)48-36(9,12-3)21-15-16-23(4)30(39)40/h10-12,16-18,26-29,33,37-38,43-44H,1-3,13-15,19-22H2,4-9H3,(H,39,40)/b23-16+,24-17+,25-18+/t26-,27-,28-,29+,33+,34+,35-,36-/m1/s1. The molecule has 0 bridgehead atoms. The molecule has 0 aromatic rings. The second kappa shape index (κ2) is 19.0. The Kier molecular flexibility index (Phi) is 16.8. The van der Waals surface area contributed by atoms with E-state index in [4.69, 9.17) is 24.1 Å². The number of rotatable bonds is 20. The third-order valence-corrected chi connectivity index (χ3v) is 8.23. The maximum atomic E-state index is 13.0. The van der Waals surface area contributed by atoms with Crippen LogP contribution in [0, 0.1) is 0 Å². The van der Waals surface area contributed by atoms with Gasteiger partial charge in [-0.05, 0) is 80.1 Å². The Bertz CT molecular complexity index is 1240. The van der Waals surface area contributed by atoms with Crippen LogP contribution in [-0.4, -0.2) is 97.6 Å². The minimum atomic E-state index is -1.69. The van der Waals surface area contributed by atoms with Crippen molar-refractivity contribution in [2.24, 2.45) is 0 Å². The summed E-state index contributed by atoms with van der Waals surface area (Å²) in [7, 11) is 0. The van der Waals surface area contributed by atoms with Crippen LogP contribution in [-0.2, 0) is 33.3 Å². The monoisotopic (exact) mass is 678 g/mol. The molecule has 5 N–H and O–H groups in total. The Morgan fingerprint density at radius 2 is 1.23 bits per heavy atom. The van der Waals surface area contributed by atoms with E-state index < -0.39 is 72.0 Å². The van der Waals surface area contributed by atoms with Crippen molar-refractivity contribution in [1.82, 2.24) is 0 Å². The average Bonchev–Trinajstić information content (AvgIpc) is 3.02. The first-order valence-electron chi connectivity index (χ1n) is 15.9. The van der Waals surface area contributed by atoms with Gasteiger partial charge in [0, 0.05) is 16.7 Å². The SMILES string of the molecule is C=C[C@](C)(O)CC/C=C(\C)C(=O)OC[C@H]1O[C@@H](O[C@](C)(C=C)CC/C=C(\C)C(=O)O)[C@H](O)[C@@H](OC(=O)/C(C)=C/CC[C@](C)(O)C=C)[C@@H]1O. The van der Waals surface area contributed by atoms with Gasteiger partial charge in [-0.2, -0.15) is 0 Å². The van der Waals surface area contributed by atoms with Gasteiger partial charge in [0.05, 0.1) is 16.8 Å². The second-order valence-corrected chi connectivity index (χ2v) is 12.8. The lowest BCUT2D eigenvalue weighted by molar-refractivity contribution is -0.321. The lowest BCUT2D eigenvalue weighted by atomic mass is 9.96. The maximum Gasteiger partial charge on any atom is 0.333 e. The minimum Gasteiger partial charge on any atom is -0.478 e. The number of carbonyl (C=O) groups is 3. The van der Waals surface area contributed by atoms with Gasteiger partial charge in [0.2, 0.25) is 0 Å². The largest absolute Gasteiger partial charge is 0.478 e. The Morgan fingerprint density at radius 3 is 1.71 bits per heavy atom. The van der Waals surface area contributed by atoms with Gasteiger partial charge in [-0.1, -0.05) is 36.5 Å². The van der Waals surface area contributed by atoms with Crippen molar-refractivity contribution >= 4 is 17.9 Å². The van der Waals surface area contributed by atoms with Gasteiger partial charge in [-0.3, -0.25) is 0 Å². The first kappa shape index (κ1) is 42.6. The molecular weight excluding hydrogens is 624 g/mol. The fourth-order valence-corrected chi connectivity index (χ4v) is 4.43. The van der Waals surface area contributed by atoms with Gasteiger partial charge in [0.1, 0.15) is 24.9 Å². The van der Waals surface area contributed by atoms with Gasteiger partial charge in [0.15, 0.2) is 12.4 Å². The number of esters is 2. The van der Waals surface area contributed by atoms with Gasteiger partial charge < -0.3 is 44.5 Å². The van der Waals surface area contributed by atoms with E-state index >= 15 is 0 Å². The normalized spacial score (nSPS) is 25.9. The van der Waals surface area contributed by atoms with Crippen LogP contribution in [0.3, 0.4) is 0 Å². The molecular formula is C36H54O12. The van der Waals surface area contributed by atoms with Gasteiger partial charge >= 0.3 is 17.9 Å². The summed E-state index contributed by atoms with van der Waals surface area (Å²) in [5.74, 6) is -2.63. The van der Waals surface area contributed by atoms with Crippen molar-refractivity contribution in [1.29, 1.82) is 0 Å². The summed E-state index contributed by atoms with van der Waals surface area (Å²) in [6, 6.07) is 0. The highest BCUT2D eigenvalue weighted by Crippen LogP contribution is 2.31. The molecule has 12 nitrogen and oxygen atoms in total. The van der Waals surface area contributed by atoms with Crippen molar-refractivity contribution in [3.63, 3.8) is 0 Å². The second-order valence-electron chi connectivity index (χ2n) is 12.8. The van der Waals surface area contributed by atoms with E-state index in [0.29, 0.717) is 19.3 Å². The molecule has 0 unspecified atom stereocenters. The average molecular weight is 679 g/mol. The maximum absolute atomic E-state index is 13.0. The fourth-order valence-electron chi connectivity index (χ4n) is 4.43. The smallest absolute Gasteiger partial charge is 0.333 e. The predicted molar refractivity (Wildman–Crippen MR) is 179 cm³/mol. The molecule has 0 aromatic carbocycles. The van der Waals surface area contributed by atoms with Crippen molar-refractivity contribution in [3.8, 4) is 0 Å². The number of aliphatic hydroxyl groups is 4. The van der Waals surface area contributed by atoms with Gasteiger partial charge in [-0.15, -0.1) is 19.7 Å². The molecule has 0 spiro atoms. The molecule has 0 aromatic heterocycles. The third kappa shape index (κ3) is 14.0. The highest BCUT2D eigenvalue weighted by Gasteiger charge is 2.49. The number of carboxylic acid groups (broad SMARTS) is 1. The molecule has 0 saturated carbocycles. The van der Waals surface area contributed by atoms with Crippen LogP contribution >= 0.6 is 0 Å². The Balaban J connectivity index is 3.22. The van der Waals surface area contributed by atoms with Crippen LogP contribution in [0.5, 0.6) is 0 Å². The summed E-state index contributed by atoms with van der Waals surface area (Å²) in [5.41, 5.74) is -2.86. The Hall–Kier alpha value is -3.39. The molecule has 8 atom stereocenters. The van der Waals surface area contributed by atoms with Crippen LogP contribution in [0.2, 0.25) is 0 Å². The number of ether oxygens (including phenoxy) is 4. The molecule has 0 amide bonds. The van der Waals surface area contributed by atoms with Gasteiger partial charge in [-0.25, -0.2) is 14.4 Å². The van der Waals surface area contributed by atoms with E-state index in [0.717, 1.165) is 0 Å². The quantitative estimate of drug-likeness (QED) is 0.0709. The summed E-state index contributed by atoms with van der Waals surface area (Å²) < 4.78 is 22.9. The van der Waals surface area contributed by atoms with Crippen molar-refractivity contribution < 1.29 is 58.9 Å². The van der Waals surface area contributed by atoms with E-state index in [1.807, 2.05) is 0 Å². The summed E-state index contributed by atoms with van der Waals surface area (Å²) in [5, 5.41) is 51.8. The molecule has 0 radical (unpaired) electrons. The van der Waals surface area contributed by atoms with Crippen LogP contribution in [0.1, 0.15) is 80.1 Å². The number of aliphatic carboxylic acids is 1. The topological polar surface area (TPSA) is 189 Å². The first-order valence-corrected chi connectivity index (χ1v) is 15.9. The third-order valence-electron chi connectivity index (χ3n) is 8.23. The zero-order valence-electron chi connectivity index (χ0n) is 29.0. The zero-order chi connectivity index (χ0) is 36.9. The summed E-state index contributed by atoms with van der Waals surface area (Å²) in [4.78, 5) is 36.9. The molecule has 270 valence electrons. The lowest BCUT2D eigenvalue weighted by Gasteiger charge is -2.44. The molecule has 1 fully saturated rings. The van der Waals surface area contributed by atoms with E-state index in [-0.39, 0.29) is 36.0 Å². The number of carboxylic acids is 1. The summed E-state index contributed by atoms with van der Waals surface area (Å²) >= 11 is 0. The Labute approximate surface area is 283 Å². The lowest BCUT2D eigenvalue weighted by Crippen LogP contribution is -2.62. The molecule has 12 heteroatoms. The minimum absolute atomic E-state index is 0.138.